The number of hydrogen-bond donors (Lipinski definition) is 3. The highest BCUT2D eigenvalue weighted by atomic mass is 32.2. The molecule has 4 N–H and O–H groups in total. The second-order valence-corrected chi connectivity index (χ2v) is 5.10. The minimum Gasteiger partial charge on any atom is -0.377 e. The van der Waals surface area contributed by atoms with Crippen LogP contribution in [0.1, 0.15) is 25.1 Å². The van der Waals surface area contributed by atoms with Crippen LogP contribution in [0.5, 0.6) is 0 Å². The molecule has 6 nitrogen and oxygen atoms in total. The van der Waals surface area contributed by atoms with Gasteiger partial charge in [0.15, 0.2) is 5.82 Å². The molecule has 7 heteroatoms. The Labute approximate surface area is 118 Å². The molecule has 0 fully saturated rings. The molecule has 1 heterocycles. The van der Waals surface area contributed by atoms with Crippen LogP contribution in [0.2, 0.25) is 0 Å². The number of aromatic nitrogens is 2. The predicted octanol–water partition coefficient (Wildman–Crippen LogP) is 1.85. The number of methoxy groups -OCH3 is 1. The minimum atomic E-state index is 0.373. The van der Waals surface area contributed by atoms with Gasteiger partial charge in [-0.25, -0.2) is 15.8 Å². The van der Waals surface area contributed by atoms with Gasteiger partial charge in [0.05, 0.1) is 0 Å². The van der Waals surface area contributed by atoms with Gasteiger partial charge < -0.3 is 15.5 Å². The van der Waals surface area contributed by atoms with Gasteiger partial charge in [-0.1, -0.05) is 6.42 Å². The first-order valence-corrected chi connectivity index (χ1v) is 7.76. The van der Waals surface area contributed by atoms with E-state index < -0.39 is 0 Å². The van der Waals surface area contributed by atoms with Gasteiger partial charge in [-0.2, -0.15) is 11.8 Å². The summed E-state index contributed by atoms with van der Waals surface area (Å²) in [5.41, 5.74) is 2.54. The van der Waals surface area contributed by atoms with Crippen molar-refractivity contribution in [2.45, 2.75) is 25.9 Å². The Kier molecular flexibility index (Phi) is 8.28. The third-order valence-electron chi connectivity index (χ3n) is 2.53. The molecule has 0 aliphatic rings. The van der Waals surface area contributed by atoms with E-state index in [-0.39, 0.29) is 0 Å². The smallest absolute Gasteiger partial charge is 0.158 e. The number of rotatable bonds is 10. The van der Waals surface area contributed by atoms with E-state index in [1.165, 1.54) is 18.6 Å². The number of thioether (sulfide) groups is 1. The van der Waals surface area contributed by atoms with Crippen molar-refractivity contribution >= 4 is 23.4 Å². The molecule has 0 saturated heterocycles. The lowest BCUT2D eigenvalue weighted by molar-refractivity contribution is 0.178. The second kappa shape index (κ2) is 9.82. The highest BCUT2D eigenvalue weighted by molar-refractivity contribution is 7.98. The van der Waals surface area contributed by atoms with Gasteiger partial charge in [0.25, 0.3) is 0 Å². The molecule has 0 aromatic carbocycles. The van der Waals surface area contributed by atoms with Crippen molar-refractivity contribution in [1.82, 2.24) is 9.97 Å². The summed E-state index contributed by atoms with van der Waals surface area (Å²) in [6, 6.07) is 1.79. The van der Waals surface area contributed by atoms with Crippen LogP contribution >= 0.6 is 11.8 Å². The predicted molar refractivity (Wildman–Crippen MR) is 81.3 cm³/mol. The molecule has 0 unspecified atom stereocenters. The second-order valence-electron chi connectivity index (χ2n) is 4.11. The summed E-state index contributed by atoms with van der Waals surface area (Å²) >= 11 is 1.89. The maximum atomic E-state index is 5.38. The average Bonchev–Trinajstić information content (AvgIpc) is 2.43. The maximum absolute atomic E-state index is 5.38. The topological polar surface area (TPSA) is 85.1 Å². The summed E-state index contributed by atoms with van der Waals surface area (Å²) in [7, 11) is 1.62. The molecule has 1 rings (SSSR count). The summed E-state index contributed by atoms with van der Waals surface area (Å²) < 4.78 is 5.03. The summed E-state index contributed by atoms with van der Waals surface area (Å²) in [6.45, 7) is 1.28. The number of unbranched alkanes of at least 4 members (excludes halogenated alkanes) is 2. The van der Waals surface area contributed by atoms with Crippen molar-refractivity contribution in [3.63, 3.8) is 0 Å². The Morgan fingerprint density at radius 2 is 2.05 bits per heavy atom. The van der Waals surface area contributed by atoms with Crippen molar-refractivity contribution in [2.24, 2.45) is 5.84 Å². The van der Waals surface area contributed by atoms with Crippen LogP contribution in [0.4, 0.5) is 11.6 Å². The number of nitrogens with one attached hydrogen (secondary N) is 2. The Bertz CT molecular complexity index is 364. The van der Waals surface area contributed by atoms with E-state index in [1.54, 1.807) is 13.2 Å². The molecule has 0 aliphatic carbocycles. The Morgan fingerprint density at radius 3 is 2.74 bits per heavy atom. The van der Waals surface area contributed by atoms with Crippen LogP contribution in [0, 0.1) is 0 Å². The lowest BCUT2D eigenvalue weighted by Crippen LogP contribution is -2.13. The Hall–Kier alpha value is -1.05. The number of anilines is 2. The first-order chi connectivity index (χ1) is 9.30. The molecule has 0 spiro atoms. The monoisotopic (exact) mass is 285 g/mol. The van der Waals surface area contributed by atoms with Gasteiger partial charge in [0, 0.05) is 19.7 Å². The molecule has 0 bridgehead atoms. The standard InChI is InChI=1S/C12H23N5OS/c1-18-9-12-15-10(8-11(16-12)17-13)14-6-4-3-5-7-19-2/h8H,3-7,9,13H2,1-2H3,(H2,14,15,16,17). The van der Waals surface area contributed by atoms with Gasteiger partial charge in [-0.15, -0.1) is 0 Å². The fraction of sp³-hybridized carbons (Fsp3) is 0.667. The third-order valence-corrected chi connectivity index (χ3v) is 3.22. The largest absolute Gasteiger partial charge is 0.377 e. The van der Waals surface area contributed by atoms with Crippen LogP contribution in [-0.4, -0.2) is 35.6 Å². The van der Waals surface area contributed by atoms with Crippen molar-refractivity contribution in [1.29, 1.82) is 0 Å². The van der Waals surface area contributed by atoms with E-state index in [2.05, 4.69) is 27.0 Å². The third kappa shape index (κ3) is 6.60. The highest BCUT2D eigenvalue weighted by Crippen LogP contribution is 2.11. The summed E-state index contributed by atoms with van der Waals surface area (Å²) in [5.74, 6) is 8.59. The molecule has 1 aromatic rings. The first-order valence-electron chi connectivity index (χ1n) is 6.36. The minimum absolute atomic E-state index is 0.373. The molecule has 0 radical (unpaired) electrons. The number of ether oxygens (including phenoxy) is 1. The van der Waals surface area contributed by atoms with Crippen LogP contribution in [-0.2, 0) is 11.3 Å². The van der Waals surface area contributed by atoms with Crippen LogP contribution in [0.15, 0.2) is 6.07 Å². The molecular weight excluding hydrogens is 262 g/mol. The number of nitrogens with two attached hydrogens (primary N) is 1. The zero-order valence-corrected chi connectivity index (χ0v) is 12.4. The van der Waals surface area contributed by atoms with Crippen LogP contribution < -0.4 is 16.6 Å². The molecule has 19 heavy (non-hydrogen) atoms. The van der Waals surface area contributed by atoms with E-state index in [0.29, 0.717) is 18.2 Å². The van der Waals surface area contributed by atoms with Gasteiger partial charge in [0.1, 0.15) is 18.2 Å². The molecule has 0 aliphatic heterocycles. The van der Waals surface area contributed by atoms with Crippen molar-refractivity contribution in [3.8, 4) is 0 Å². The molecule has 0 saturated carbocycles. The zero-order valence-electron chi connectivity index (χ0n) is 11.6. The maximum Gasteiger partial charge on any atom is 0.158 e. The molecule has 108 valence electrons. The van der Waals surface area contributed by atoms with Gasteiger partial charge in [0.2, 0.25) is 0 Å². The fourth-order valence-corrected chi connectivity index (χ4v) is 2.11. The fourth-order valence-electron chi connectivity index (χ4n) is 1.62. The summed E-state index contributed by atoms with van der Waals surface area (Å²) in [4.78, 5) is 8.55. The SMILES string of the molecule is COCc1nc(NN)cc(NCCCCCSC)n1. The van der Waals surface area contributed by atoms with Crippen molar-refractivity contribution in [2.75, 3.05) is 36.4 Å². The number of nitrogen functional groups attached to an aromatic ring is 1. The van der Waals surface area contributed by atoms with E-state index in [0.717, 1.165) is 18.8 Å². The Morgan fingerprint density at radius 1 is 1.26 bits per heavy atom. The number of hydrogen-bond acceptors (Lipinski definition) is 7. The van der Waals surface area contributed by atoms with Crippen LogP contribution in [0.25, 0.3) is 0 Å². The quantitative estimate of drug-likeness (QED) is 0.343. The van der Waals surface area contributed by atoms with E-state index in [1.807, 2.05) is 11.8 Å². The zero-order chi connectivity index (χ0) is 13.9. The molecule has 0 atom stereocenters. The Balaban J connectivity index is 2.41. The number of hydrazine groups is 1. The normalized spacial score (nSPS) is 10.5. The summed E-state index contributed by atoms with van der Waals surface area (Å²) in [6.07, 6.45) is 5.76. The van der Waals surface area contributed by atoms with E-state index >= 15 is 0 Å². The van der Waals surface area contributed by atoms with Crippen molar-refractivity contribution in [3.05, 3.63) is 11.9 Å². The van der Waals surface area contributed by atoms with E-state index in [9.17, 15) is 0 Å². The average molecular weight is 285 g/mol. The molecule has 1 aromatic heterocycles. The lowest BCUT2D eigenvalue weighted by Gasteiger charge is -2.09. The molecular formula is C12H23N5OS. The number of nitrogens with zero attached hydrogens (tertiary/aromatic N) is 2. The van der Waals surface area contributed by atoms with Gasteiger partial charge in [-0.3, -0.25) is 0 Å². The van der Waals surface area contributed by atoms with Crippen molar-refractivity contribution < 1.29 is 4.74 Å². The molecule has 0 amide bonds. The highest BCUT2D eigenvalue weighted by Gasteiger charge is 2.03. The van der Waals surface area contributed by atoms with Crippen LogP contribution in [0.3, 0.4) is 0 Å². The first kappa shape index (κ1) is 16.0. The summed E-state index contributed by atoms with van der Waals surface area (Å²) in [5, 5.41) is 3.29. The lowest BCUT2D eigenvalue weighted by atomic mass is 10.2. The van der Waals surface area contributed by atoms with Gasteiger partial charge in [-0.05, 0) is 24.9 Å². The van der Waals surface area contributed by atoms with Gasteiger partial charge >= 0.3 is 0 Å². The van der Waals surface area contributed by atoms with E-state index in [4.69, 9.17) is 10.6 Å².